The van der Waals surface area contributed by atoms with Crippen LogP contribution >= 0.6 is 0 Å². The van der Waals surface area contributed by atoms with Crippen LogP contribution in [-0.4, -0.2) is 39.3 Å². The van der Waals surface area contributed by atoms with E-state index in [0.717, 1.165) is 10.2 Å². The molecule has 5 aromatic rings. The SMILES string of the molecule is COc1ccc(NC(=O)Cn2nc3c(Oc4ccc(C)cc4)nc4ccccc4n3c2=O)c(OC)c1. The zero-order valence-corrected chi connectivity index (χ0v) is 19.9. The Morgan fingerprint density at radius 1 is 0.972 bits per heavy atom. The lowest BCUT2D eigenvalue weighted by Crippen LogP contribution is -2.28. The Bertz CT molecular complexity index is 1640. The van der Waals surface area contributed by atoms with Gasteiger partial charge in [0, 0.05) is 6.07 Å². The zero-order chi connectivity index (χ0) is 25.2. The number of aryl methyl sites for hydroxylation is 1. The molecular formula is C26H23N5O5. The Balaban J connectivity index is 1.52. The van der Waals surface area contributed by atoms with Gasteiger partial charge in [0.15, 0.2) is 0 Å². The molecule has 1 N–H and O–H groups in total. The molecule has 0 spiro atoms. The van der Waals surface area contributed by atoms with Crippen LogP contribution in [0.2, 0.25) is 0 Å². The van der Waals surface area contributed by atoms with Gasteiger partial charge in [-0.15, -0.1) is 5.10 Å². The van der Waals surface area contributed by atoms with Gasteiger partial charge in [-0.3, -0.25) is 4.79 Å². The van der Waals surface area contributed by atoms with Crippen molar-refractivity contribution in [2.45, 2.75) is 13.5 Å². The number of aromatic nitrogens is 4. The maximum Gasteiger partial charge on any atom is 0.351 e. The smallest absolute Gasteiger partial charge is 0.351 e. The first kappa shape index (κ1) is 22.9. The molecule has 0 bridgehead atoms. The van der Waals surface area contributed by atoms with Gasteiger partial charge in [-0.05, 0) is 43.3 Å². The van der Waals surface area contributed by atoms with E-state index < -0.39 is 11.6 Å². The lowest BCUT2D eigenvalue weighted by Gasteiger charge is -2.11. The molecule has 0 aliphatic heterocycles. The molecule has 0 atom stereocenters. The van der Waals surface area contributed by atoms with Crippen molar-refractivity contribution in [1.29, 1.82) is 0 Å². The molecule has 5 rings (SSSR count). The third kappa shape index (κ3) is 4.31. The van der Waals surface area contributed by atoms with Crippen molar-refractivity contribution in [2.24, 2.45) is 0 Å². The number of rotatable bonds is 7. The monoisotopic (exact) mass is 485 g/mol. The highest BCUT2D eigenvalue weighted by atomic mass is 16.5. The summed E-state index contributed by atoms with van der Waals surface area (Å²) in [5.74, 6) is 1.26. The lowest BCUT2D eigenvalue weighted by molar-refractivity contribution is -0.117. The van der Waals surface area contributed by atoms with E-state index in [-0.39, 0.29) is 18.1 Å². The molecule has 0 radical (unpaired) electrons. The minimum Gasteiger partial charge on any atom is -0.497 e. The van der Waals surface area contributed by atoms with E-state index in [1.807, 2.05) is 37.3 Å². The highest BCUT2D eigenvalue weighted by Crippen LogP contribution is 2.29. The summed E-state index contributed by atoms with van der Waals surface area (Å²) in [4.78, 5) is 30.8. The molecule has 0 saturated carbocycles. The molecule has 2 heterocycles. The van der Waals surface area contributed by atoms with E-state index in [9.17, 15) is 9.59 Å². The average molecular weight is 486 g/mol. The molecule has 0 unspecified atom stereocenters. The average Bonchev–Trinajstić information content (AvgIpc) is 3.21. The van der Waals surface area contributed by atoms with Crippen LogP contribution < -0.4 is 25.2 Å². The zero-order valence-electron chi connectivity index (χ0n) is 19.9. The molecule has 0 saturated heterocycles. The van der Waals surface area contributed by atoms with Crippen LogP contribution in [0.3, 0.4) is 0 Å². The quantitative estimate of drug-likeness (QED) is 0.373. The molecule has 3 aromatic carbocycles. The van der Waals surface area contributed by atoms with Gasteiger partial charge >= 0.3 is 5.69 Å². The topological polar surface area (TPSA) is 109 Å². The van der Waals surface area contributed by atoms with E-state index >= 15 is 0 Å². The third-order valence-corrected chi connectivity index (χ3v) is 5.59. The Morgan fingerprint density at radius 3 is 2.47 bits per heavy atom. The predicted octanol–water partition coefficient (Wildman–Crippen LogP) is 3.80. The summed E-state index contributed by atoms with van der Waals surface area (Å²) in [7, 11) is 3.03. The highest BCUT2D eigenvalue weighted by molar-refractivity contribution is 5.92. The van der Waals surface area contributed by atoms with Crippen LogP contribution in [0.4, 0.5) is 5.69 Å². The first-order valence-electron chi connectivity index (χ1n) is 11.1. The summed E-state index contributed by atoms with van der Waals surface area (Å²) in [6.45, 7) is 1.65. The molecule has 10 heteroatoms. The Hall–Kier alpha value is -4.86. The van der Waals surface area contributed by atoms with Gasteiger partial charge in [0.2, 0.25) is 11.6 Å². The third-order valence-electron chi connectivity index (χ3n) is 5.59. The molecule has 0 aliphatic rings. The van der Waals surface area contributed by atoms with E-state index in [1.165, 1.54) is 18.6 Å². The van der Waals surface area contributed by atoms with Gasteiger partial charge < -0.3 is 19.5 Å². The summed E-state index contributed by atoms with van der Waals surface area (Å²) in [6, 6.07) is 19.6. The molecule has 0 aliphatic carbocycles. The number of nitrogens with zero attached hydrogens (tertiary/aromatic N) is 4. The first-order chi connectivity index (χ1) is 17.5. The van der Waals surface area contributed by atoms with Gasteiger partial charge in [0.25, 0.3) is 5.88 Å². The number of carbonyl (C=O) groups excluding carboxylic acids is 1. The van der Waals surface area contributed by atoms with Gasteiger partial charge in [-0.1, -0.05) is 29.8 Å². The number of ether oxygens (including phenoxy) is 3. The normalized spacial score (nSPS) is 11.0. The van der Waals surface area contributed by atoms with Crippen molar-refractivity contribution in [3.05, 3.63) is 82.8 Å². The minimum absolute atomic E-state index is 0.158. The van der Waals surface area contributed by atoms with Gasteiger partial charge in [0.05, 0.1) is 30.9 Å². The Morgan fingerprint density at radius 2 is 1.72 bits per heavy atom. The van der Waals surface area contributed by atoms with Gasteiger partial charge in [-0.25, -0.2) is 18.9 Å². The number of hydrogen-bond acceptors (Lipinski definition) is 7. The number of anilines is 1. The second-order valence-corrected chi connectivity index (χ2v) is 8.03. The van der Waals surface area contributed by atoms with E-state index in [2.05, 4.69) is 15.4 Å². The fraction of sp³-hybridized carbons (Fsp3) is 0.154. The summed E-state index contributed by atoms with van der Waals surface area (Å²) in [5, 5.41) is 7.15. The predicted molar refractivity (Wildman–Crippen MR) is 134 cm³/mol. The maximum atomic E-state index is 13.3. The summed E-state index contributed by atoms with van der Waals surface area (Å²) >= 11 is 0. The fourth-order valence-corrected chi connectivity index (χ4v) is 3.79. The van der Waals surface area contributed by atoms with Gasteiger partial charge in [0.1, 0.15) is 23.8 Å². The molecule has 10 nitrogen and oxygen atoms in total. The Kier molecular flexibility index (Phi) is 5.99. The van der Waals surface area contributed by atoms with Crippen LogP contribution in [-0.2, 0) is 11.3 Å². The number of benzene rings is 3. The largest absolute Gasteiger partial charge is 0.497 e. The van der Waals surface area contributed by atoms with Crippen molar-refractivity contribution >= 4 is 28.3 Å². The van der Waals surface area contributed by atoms with Crippen molar-refractivity contribution in [3.8, 4) is 23.1 Å². The number of nitrogens with one attached hydrogen (secondary N) is 1. The summed E-state index contributed by atoms with van der Waals surface area (Å²) in [6.07, 6.45) is 0. The molecule has 2 aromatic heterocycles. The molecule has 0 fully saturated rings. The summed E-state index contributed by atoms with van der Waals surface area (Å²) in [5.41, 5.74) is 2.34. The number of hydrogen-bond donors (Lipinski definition) is 1. The lowest BCUT2D eigenvalue weighted by atomic mass is 10.2. The maximum absolute atomic E-state index is 13.3. The molecule has 36 heavy (non-hydrogen) atoms. The van der Waals surface area contributed by atoms with Crippen LogP contribution in [0.1, 0.15) is 5.56 Å². The van der Waals surface area contributed by atoms with Crippen molar-refractivity contribution < 1.29 is 19.0 Å². The fourth-order valence-electron chi connectivity index (χ4n) is 3.79. The van der Waals surface area contributed by atoms with Crippen LogP contribution in [0, 0.1) is 6.92 Å². The standard InChI is InChI=1S/C26H23N5O5/c1-16-8-10-17(11-9-16)36-25-24-29-30(26(33)31(24)21-7-5-4-6-19(21)28-25)15-23(32)27-20-13-12-18(34-2)14-22(20)35-3/h4-14H,15H2,1-3H3,(H,27,32). The number of amides is 1. The number of methoxy groups -OCH3 is 2. The minimum atomic E-state index is -0.491. The van der Waals surface area contributed by atoms with E-state index in [1.54, 1.807) is 36.4 Å². The van der Waals surface area contributed by atoms with Crippen molar-refractivity contribution in [1.82, 2.24) is 19.2 Å². The highest BCUT2D eigenvalue weighted by Gasteiger charge is 2.19. The van der Waals surface area contributed by atoms with Crippen LogP contribution in [0.5, 0.6) is 23.1 Å². The van der Waals surface area contributed by atoms with Crippen LogP contribution in [0.15, 0.2) is 71.5 Å². The molecular weight excluding hydrogens is 462 g/mol. The van der Waals surface area contributed by atoms with E-state index in [4.69, 9.17) is 14.2 Å². The molecule has 1 amide bonds. The second kappa shape index (κ2) is 9.41. The van der Waals surface area contributed by atoms with Crippen LogP contribution in [0.25, 0.3) is 16.7 Å². The van der Waals surface area contributed by atoms with Crippen molar-refractivity contribution in [2.75, 3.05) is 19.5 Å². The Labute approximate surface area is 205 Å². The van der Waals surface area contributed by atoms with Crippen molar-refractivity contribution in [3.63, 3.8) is 0 Å². The summed E-state index contributed by atoms with van der Waals surface area (Å²) < 4.78 is 19.0. The van der Waals surface area contributed by atoms with Gasteiger partial charge in [-0.2, -0.15) is 0 Å². The van der Waals surface area contributed by atoms with E-state index in [0.29, 0.717) is 34.0 Å². The number of fused-ring (bicyclic) bond motifs is 3. The second-order valence-electron chi connectivity index (χ2n) is 8.03. The number of para-hydroxylation sites is 2. The number of carbonyl (C=O) groups is 1. The first-order valence-corrected chi connectivity index (χ1v) is 11.1. The molecule has 182 valence electrons.